The van der Waals surface area contributed by atoms with Gasteiger partial charge in [-0.15, -0.1) is 0 Å². The lowest BCUT2D eigenvalue weighted by atomic mass is 9.96. The zero-order chi connectivity index (χ0) is 11.4. The fourth-order valence-corrected chi connectivity index (χ4v) is 1.62. The van der Waals surface area contributed by atoms with Crippen molar-refractivity contribution in [2.45, 2.75) is 26.4 Å². The van der Waals surface area contributed by atoms with Crippen molar-refractivity contribution < 1.29 is 9.84 Å². The van der Waals surface area contributed by atoms with E-state index in [1.165, 1.54) is 0 Å². The second kappa shape index (κ2) is 5.38. The van der Waals surface area contributed by atoms with Crippen LogP contribution in [-0.2, 0) is 6.42 Å². The second-order valence-corrected chi connectivity index (χ2v) is 4.31. The van der Waals surface area contributed by atoms with E-state index in [2.05, 4.69) is 0 Å². The van der Waals surface area contributed by atoms with Gasteiger partial charge in [0.1, 0.15) is 5.75 Å². The summed E-state index contributed by atoms with van der Waals surface area (Å²) in [6, 6.07) is 5.54. The first-order valence-corrected chi connectivity index (χ1v) is 5.43. The van der Waals surface area contributed by atoms with E-state index in [4.69, 9.17) is 16.3 Å². The molecule has 0 radical (unpaired) electrons. The van der Waals surface area contributed by atoms with E-state index in [0.29, 0.717) is 5.02 Å². The van der Waals surface area contributed by atoms with E-state index in [9.17, 15) is 5.11 Å². The van der Waals surface area contributed by atoms with Gasteiger partial charge < -0.3 is 9.84 Å². The molecule has 0 aliphatic heterocycles. The first-order chi connectivity index (χ1) is 7.04. The van der Waals surface area contributed by atoms with Gasteiger partial charge in [0.2, 0.25) is 0 Å². The fourth-order valence-electron chi connectivity index (χ4n) is 1.42. The van der Waals surface area contributed by atoms with Gasteiger partial charge in [-0.25, -0.2) is 0 Å². The van der Waals surface area contributed by atoms with Crippen LogP contribution in [0.1, 0.15) is 19.4 Å². The minimum absolute atomic E-state index is 0.192. The van der Waals surface area contributed by atoms with Gasteiger partial charge in [0, 0.05) is 5.02 Å². The number of ether oxygens (including phenoxy) is 1. The highest BCUT2D eigenvalue weighted by molar-refractivity contribution is 6.30. The van der Waals surface area contributed by atoms with Crippen molar-refractivity contribution in [3.63, 3.8) is 0 Å². The average molecular weight is 229 g/mol. The molecule has 15 heavy (non-hydrogen) atoms. The summed E-state index contributed by atoms with van der Waals surface area (Å²) in [5, 5.41) is 10.1. The number of halogens is 1. The van der Waals surface area contributed by atoms with Gasteiger partial charge in [-0.05, 0) is 43.0 Å². The van der Waals surface area contributed by atoms with Gasteiger partial charge in [-0.1, -0.05) is 18.5 Å². The van der Waals surface area contributed by atoms with Crippen molar-refractivity contribution in [2.75, 3.05) is 7.11 Å². The summed E-state index contributed by atoms with van der Waals surface area (Å²) in [4.78, 5) is 0. The highest BCUT2D eigenvalue weighted by Gasteiger charge is 2.13. The van der Waals surface area contributed by atoms with Crippen LogP contribution in [0.5, 0.6) is 5.75 Å². The molecule has 3 heteroatoms. The molecule has 0 heterocycles. The lowest BCUT2D eigenvalue weighted by Gasteiger charge is -2.16. The number of hydrogen-bond donors (Lipinski definition) is 1. The Balaban J connectivity index is 2.87. The molecule has 1 rings (SSSR count). The number of hydrogen-bond acceptors (Lipinski definition) is 2. The Hall–Kier alpha value is -0.730. The topological polar surface area (TPSA) is 29.5 Å². The average Bonchev–Trinajstić information content (AvgIpc) is 2.18. The van der Waals surface area contributed by atoms with Crippen LogP contribution in [0.4, 0.5) is 0 Å². The van der Waals surface area contributed by atoms with E-state index < -0.39 is 0 Å². The molecule has 0 spiro atoms. The molecule has 84 valence electrons. The van der Waals surface area contributed by atoms with E-state index in [1.54, 1.807) is 20.1 Å². The van der Waals surface area contributed by atoms with Gasteiger partial charge in [0.15, 0.2) is 0 Å². The fraction of sp³-hybridized carbons (Fsp3) is 0.500. The molecule has 0 saturated carbocycles. The van der Waals surface area contributed by atoms with Crippen molar-refractivity contribution in [3.8, 4) is 5.75 Å². The molecule has 2 nitrogen and oxygen atoms in total. The maximum Gasteiger partial charge on any atom is 0.122 e. The normalized spacial score (nSPS) is 14.7. The van der Waals surface area contributed by atoms with E-state index >= 15 is 0 Å². The van der Waals surface area contributed by atoms with Crippen LogP contribution in [0.15, 0.2) is 18.2 Å². The minimum atomic E-state index is -0.325. The van der Waals surface area contributed by atoms with Gasteiger partial charge in [0.25, 0.3) is 0 Å². The summed E-state index contributed by atoms with van der Waals surface area (Å²) >= 11 is 5.92. The Morgan fingerprint density at radius 3 is 2.60 bits per heavy atom. The highest BCUT2D eigenvalue weighted by atomic mass is 35.5. The lowest BCUT2D eigenvalue weighted by Crippen LogP contribution is -2.15. The molecular formula is C12H17ClO2. The van der Waals surface area contributed by atoms with E-state index in [0.717, 1.165) is 17.7 Å². The third kappa shape index (κ3) is 3.40. The number of benzene rings is 1. The van der Waals surface area contributed by atoms with Crippen molar-refractivity contribution in [2.24, 2.45) is 5.92 Å². The Kier molecular flexibility index (Phi) is 4.43. The minimum Gasteiger partial charge on any atom is -0.496 e. The molecule has 0 saturated heterocycles. The number of aliphatic hydroxyl groups is 1. The van der Waals surface area contributed by atoms with Crippen molar-refractivity contribution in [3.05, 3.63) is 28.8 Å². The maximum atomic E-state index is 9.44. The summed E-state index contributed by atoms with van der Waals surface area (Å²) < 4.78 is 5.24. The van der Waals surface area contributed by atoms with Crippen LogP contribution in [0, 0.1) is 5.92 Å². The van der Waals surface area contributed by atoms with Crippen molar-refractivity contribution >= 4 is 11.6 Å². The summed E-state index contributed by atoms with van der Waals surface area (Å²) in [5.74, 6) is 1.02. The zero-order valence-corrected chi connectivity index (χ0v) is 10.1. The number of methoxy groups -OCH3 is 1. The summed E-state index contributed by atoms with van der Waals surface area (Å²) in [6.07, 6.45) is 0.440. The molecule has 0 amide bonds. The first-order valence-electron chi connectivity index (χ1n) is 5.05. The standard InChI is InChI=1S/C12H17ClO2/c1-8(9(2)14)6-10-7-11(13)4-5-12(10)15-3/h4-5,7-9,14H,6H2,1-3H3. The number of aliphatic hydroxyl groups excluding tert-OH is 1. The van der Waals surface area contributed by atoms with Crippen molar-refractivity contribution in [1.82, 2.24) is 0 Å². The molecule has 2 unspecified atom stereocenters. The predicted molar refractivity (Wildman–Crippen MR) is 62.6 cm³/mol. The van der Waals surface area contributed by atoms with Crippen LogP contribution in [0.3, 0.4) is 0 Å². The van der Waals surface area contributed by atoms with Crippen LogP contribution in [0.25, 0.3) is 0 Å². The highest BCUT2D eigenvalue weighted by Crippen LogP contribution is 2.25. The lowest BCUT2D eigenvalue weighted by molar-refractivity contribution is 0.135. The molecule has 0 aliphatic carbocycles. The molecule has 0 bridgehead atoms. The number of rotatable bonds is 4. The third-order valence-electron chi connectivity index (χ3n) is 2.61. The van der Waals surface area contributed by atoms with Gasteiger partial charge in [-0.2, -0.15) is 0 Å². The Morgan fingerprint density at radius 2 is 2.07 bits per heavy atom. The second-order valence-electron chi connectivity index (χ2n) is 3.88. The van der Waals surface area contributed by atoms with Gasteiger partial charge >= 0.3 is 0 Å². The molecule has 1 aromatic rings. The molecular weight excluding hydrogens is 212 g/mol. The largest absolute Gasteiger partial charge is 0.496 e. The third-order valence-corrected chi connectivity index (χ3v) is 2.84. The van der Waals surface area contributed by atoms with Crippen LogP contribution >= 0.6 is 11.6 Å². The molecule has 0 fully saturated rings. The summed E-state index contributed by atoms with van der Waals surface area (Å²) in [5.41, 5.74) is 1.04. The zero-order valence-electron chi connectivity index (χ0n) is 9.33. The van der Waals surface area contributed by atoms with Gasteiger partial charge in [-0.3, -0.25) is 0 Å². The van der Waals surface area contributed by atoms with Gasteiger partial charge in [0.05, 0.1) is 13.2 Å². The molecule has 1 N–H and O–H groups in total. The molecule has 1 aromatic carbocycles. The molecule has 0 aliphatic rings. The first kappa shape index (κ1) is 12.3. The molecule has 2 atom stereocenters. The Morgan fingerprint density at radius 1 is 1.40 bits per heavy atom. The SMILES string of the molecule is COc1ccc(Cl)cc1CC(C)C(C)O. The van der Waals surface area contributed by atoms with E-state index in [1.807, 2.05) is 19.1 Å². The summed E-state index contributed by atoms with van der Waals surface area (Å²) in [6.45, 7) is 3.80. The Bertz CT molecular complexity index is 323. The quantitative estimate of drug-likeness (QED) is 0.859. The smallest absolute Gasteiger partial charge is 0.122 e. The van der Waals surface area contributed by atoms with E-state index in [-0.39, 0.29) is 12.0 Å². The Labute approximate surface area is 95.8 Å². The van der Waals surface area contributed by atoms with Crippen LogP contribution in [0.2, 0.25) is 5.02 Å². The van der Waals surface area contributed by atoms with Crippen LogP contribution < -0.4 is 4.74 Å². The predicted octanol–water partition coefficient (Wildman–Crippen LogP) is 2.91. The van der Waals surface area contributed by atoms with Crippen molar-refractivity contribution in [1.29, 1.82) is 0 Å². The molecule has 0 aromatic heterocycles. The monoisotopic (exact) mass is 228 g/mol. The maximum absolute atomic E-state index is 9.44. The summed E-state index contributed by atoms with van der Waals surface area (Å²) in [7, 11) is 1.64. The van der Waals surface area contributed by atoms with Crippen LogP contribution in [-0.4, -0.2) is 18.3 Å².